The molecule has 1 aromatic rings. The molecular formula is C13H20N2O5S. The third-order valence-corrected chi connectivity index (χ3v) is 3.89. The fourth-order valence-electron chi connectivity index (χ4n) is 1.57. The summed E-state index contributed by atoms with van der Waals surface area (Å²) in [6.07, 6.45) is 0.266. The number of carbonyl (C=O) groups excluding carboxylic acids is 1. The standard InChI is InChI=1S/C13H20N2O5S/c1-19-13(16)6-3-9-21(17,18)15-11-4-2-5-12(10-11)20-8-7-14/h2,4-5,10,15H,3,6-9,14H2,1H3. The van der Waals surface area contributed by atoms with Gasteiger partial charge in [-0.25, -0.2) is 8.42 Å². The molecule has 0 aliphatic heterocycles. The van der Waals surface area contributed by atoms with Gasteiger partial charge in [-0.15, -0.1) is 0 Å². The highest BCUT2D eigenvalue weighted by atomic mass is 32.2. The average Bonchev–Trinajstić information content (AvgIpc) is 2.44. The summed E-state index contributed by atoms with van der Waals surface area (Å²) in [7, 11) is -2.25. The lowest BCUT2D eigenvalue weighted by Crippen LogP contribution is -2.17. The van der Waals surface area contributed by atoms with Crippen molar-refractivity contribution >= 4 is 21.7 Å². The number of hydrogen-bond donors (Lipinski definition) is 2. The second-order valence-electron chi connectivity index (χ2n) is 4.27. The van der Waals surface area contributed by atoms with E-state index in [1.807, 2.05) is 0 Å². The van der Waals surface area contributed by atoms with E-state index in [1.165, 1.54) is 7.11 Å². The van der Waals surface area contributed by atoms with Crippen LogP contribution in [0.4, 0.5) is 5.69 Å². The van der Waals surface area contributed by atoms with Crippen molar-refractivity contribution in [2.75, 3.05) is 30.7 Å². The first-order valence-electron chi connectivity index (χ1n) is 6.47. The number of carbonyl (C=O) groups is 1. The van der Waals surface area contributed by atoms with E-state index >= 15 is 0 Å². The van der Waals surface area contributed by atoms with E-state index in [4.69, 9.17) is 10.5 Å². The van der Waals surface area contributed by atoms with Crippen molar-refractivity contribution in [3.63, 3.8) is 0 Å². The van der Waals surface area contributed by atoms with Crippen LogP contribution in [-0.2, 0) is 19.6 Å². The summed E-state index contributed by atoms with van der Waals surface area (Å²) < 4.78 is 35.9. The van der Waals surface area contributed by atoms with Crippen LogP contribution >= 0.6 is 0 Å². The molecule has 0 spiro atoms. The Balaban J connectivity index is 2.56. The van der Waals surface area contributed by atoms with Gasteiger partial charge < -0.3 is 15.2 Å². The molecule has 0 aliphatic carbocycles. The maximum Gasteiger partial charge on any atom is 0.305 e. The number of nitrogens with two attached hydrogens (primary N) is 1. The smallest absolute Gasteiger partial charge is 0.305 e. The number of benzene rings is 1. The number of nitrogens with one attached hydrogen (secondary N) is 1. The van der Waals surface area contributed by atoms with E-state index in [2.05, 4.69) is 9.46 Å². The Morgan fingerprint density at radius 3 is 2.81 bits per heavy atom. The van der Waals surface area contributed by atoms with Crippen molar-refractivity contribution in [1.82, 2.24) is 0 Å². The van der Waals surface area contributed by atoms with Crippen molar-refractivity contribution in [1.29, 1.82) is 0 Å². The van der Waals surface area contributed by atoms with E-state index in [9.17, 15) is 13.2 Å². The molecule has 0 unspecified atom stereocenters. The maximum atomic E-state index is 11.9. The molecule has 0 aliphatic rings. The van der Waals surface area contributed by atoms with Gasteiger partial charge in [-0.3, -0.25) is 9.52 Å². The van der Waals surface area contributed by atoms with Gasteiger partial charge in [0.05, 0.1) is 18.6 Å². The van der Waals surface area contributed by atoms with E-state index in [0.717, 1.165) is 0 Å². The zero-order chi connectivity index (χ0) is 15.7. The lowest BCUT2D eigenvalue weighted by Gasteiger charge is -2.10. The van der Waals surface area contributed by atoms with Crippen LogP contribution in [0.1, 0.15) is 12.8 Å². The van der Waals surface area contributed by atoms with Crippen LogP contribution in [0.5, 0.6) is 5.75 Å². The number of anilines is 1. The molecule has 0 atom stereocenters. The van der Waals surface area contributed by atoms with Crippen LogP contribution in [0, 0.1) is 0 Å². The average molecular weight is 316 g/mol. The van der Waals surface area contributed by atoms with Crippen molar-refractivity contribution in [3.8, 4) is 5.75 Å². The minimum absolute atomic E-state index is 0.0665. The van der Waals surface area contributed by atoms with Crippen molar-refractivity contribution in [2.24, 2.45) is 5.73 Å². The third-order valence-electron chi connectivity index (χ3n) is 2.52. The van der Waals surface area contributed by atoms with Gasteiger partial charge in [-0.1, -0.05) is 6.07 Å². The molecule has 3 N–H and O–H groups in total. The minimum Gasteiger partial charge on any atom is -0.492 e. The minimum atomic E-state index is -3.51. The molecule has 0 aromatic heterocycles. The highest BCUT2D eigenvalue weighted by Crippen LogP contribution is 2.18. The second kappa shape index (κ2) is 8.48. The topological polar surface area (TPSA) is 108 Å². The molecule has 7 nitrogen and oxygen atoms in total. The van der Waals surface area contributed by atoms with Crippen molar-refractivity contribution in [3.05, 3.63) is 24.3 Å². The molecule has 0 bridgehead atoms. The van der Waals surface area contributed by atoms with Crippen molar-refractivity contribution < 1.29 is 22.7 Å². The Hall–Kier alpha value is -1.80. The number of hydrogen-bond acceptors (Lipinski definition) is 6. The van der Waals surface area contributed by atoms with Gasteiger partial charge in [0.25, 0.3) is 0 Å². The molecular weight excluding hydrogens is 296 g/mol. The Labute approximate surface area is 124 Å². The molecule has 0 saturated carbocycles. The summed E-state index contributed by atoms with van der Waals surface area (Å²) in [6, 6.07) is 6.59. The van der Waals surface area contributed by atoms with Gasteiger partial charge in [-0.05, 0) is 18.6 Å². The Bertz CT molecular complexity index is 559. The largest absolute Gasteiger partial charge is 0.492 e. The maximum absolute atomic E-state index is 11.9. The molecule has 0 heterocycles. The summed E-state index contributed by atoms with van der Waals surface area (Å²) in [5, 5.41) is 0. The molecule has 1 aromatic carbocycles. The fraction of sp³-hybridized carbons (Fsp3) is 0.462. The number of methoxy groups -OCH3 is 1. The molecule has 0 saturated heterocycles. The number of rotatable bonds is 9. The predicted molar refractivity (Wildman–Crippen MR) is 79.7 cm³/mol. The highest BCUT2D eigenvalue weighted by molar-refractivity contribution is 7.92. The molecule has 118 valence electrons. The van der Waals surface area contributed by atoms with Crippen LogP contribution in [0.15, 0.2) is 24.3 Å². The molecule has 0 fully saturated rings. The highest BCUT2D eigenvalue weighted by Gasteiger charge is 2.12. The molecule has 1 rings (SSSR count). The molecule has 0 radical (unpaired) electrons. The van der Waals surface area contributed by atoms with Crippen LogP contribution in [0.25, 0.3) is 0 Å². The van der Waals surface area contributed by atoms with Crippen LogP contribution in [0.3, 0.4) is 0 Å². The van der Waals surface area contributed by atoms with E-state index in [1.54, 1.807) is 24.3 Å². The zero-order valence-electron chi connectivity index (χ0n) is 11.9. The van der Waals surface area contributed by atoms with Gasteiger partial charge in [0.15, 0.2) is 0 Å². The van der Waals surface area contributed by atoms with Crippen LogP contribution in [0.2, 0.25) is 0 Å². The lowest BCUT2D eigenvalue weighted by molar-refractivity contribution is -0.140. The third kappa shape index (κ3) is 6.96. The van der Waals surface area contributed by atoms with Gasteiger partial charge >= 0.3 is 5.97 Å². The monoisotopic (exact) mass is 316 g/mol. The van der Waals surface area contributed by atoms with Crippen LogP contribution < -0.4 is 15.2 Å². The van der Waals surface area contributed by atoms with Crippen LogP contribution in [-0.4, -0.2) is 40.4 Å². The van der Waals surface area contributed by atoms with E-state index in [0.29, 0.717) is 24.6 Å². The normalized spacial score (nSPS) is 11.0. The summed E-state index contributed by atoms with van der Waals surface area (Å²) in [4.78, 5) is 10.9. The summed E-state index contributed by atoms with van der Waals surface area (Å²) in [5.74, 6) is -0.0479. The molecule has 0 amide bonds. The zero-order valence-corrected chi connectivity index (χ0v) is 12.7. The van der Waals surface area contributed by atoms with E-state index < -0.39 is 16.0 Å². The summed E-state index contributed by atoms with van der Waals surface area (Å²) >= 11 is 0. The van der Waals surface area contributed by atoms with E-state index in [-0.39, 0.29) is 18.6 Å². The van der Waals surface area contributed by atoms with Gasteiger partial charge in [0, 0.05) is 19.0 Å². The fourth-order valence-corrected chi connectivity index (χ4v) is 2.68. The first-order valence-corrected chi connectivity index (χ1v) is 8.12. The summed E-state index contributed by atoms with van der Waals surface area (Å²) in [6.45, 7) is 0.735. The number of ether oxygens (including phenoxy) is 2. The number of sulfonamides is 1. The Morgan fingerprint density at radius 2 is 2.14 bits per heavy atom. The Kier molecular flexibility index (Phi) is 6.97. The van der Waals surface area contributed by atoms with Gasteiger partial charge in [-0.2, -0.15) is 0 Å². The Morgan fingerprint density at radius 1 is 1.38 bits per heavy atom. The SMILES string of the molecule is COC(=O)CCCS(=O)(=O)Nc1cccc(OCCN)c1. The number of esters is 1. The molecule has 21 heavy (non-hydrogen) atoms. The van der Waals surface area contributed by atoms with Gasteiger partial charge in [0.1, 0.15) is 12.4 Å². The molecule has 8 heteroatoms. The quantitative estimate of drug-likeness (QED) is 0.650. The second-order valence-corrected chi connectivity index (χ2v) is 6.11. The van der Waals surface area contributed by atoms with Gasteiger partial charge in [0.2, 0.25) is 10.0 Å². The van der Waals surface area contributed by atoms with Crippen molar-refractivity contribution in [2.45, 2.75) is 12.8 Å². The predicted octanol–water partition coefficient (Wildman–Crippen LogP) is 0.719. The first-order chi connectivity index (χ1) is 9.96. The first kappa shape index (κ1) is 17.3. The summed E-state index contributed by atoms with van der Waals surface area (Å²) in [5.41, 5.74) is 5.74. The lowest BCUT2D eigenvalue weighted by atomic mass is 10.3.